The van der Waals surface area contributed by atoms with Crippen molar-refractivity contribution in [2.75, 3.05) is 0 Å². The third-order valence-corrected chi connectivity index (χ3v) is 4.18. The van der Waals surface area contributed by atoms with Crippen molar-refractivity contribution in [2.45, 2.75) is 51.9 Å². The van der Waals surface area contributed by atoms with Crippen LogP contribution in [0.3, 0.4) is 0 Å². The molecule has 2 nitrogen and oxygen atoms in total. The van der Waals surface area contributed by atoms with E-state index < -0.39 is 7.12 Å². The van der Waals surface area contributed by atoms with E-state index in [0.29, 0.717) is 5.46 Å². The Balaban J connectivity index is 2.34. The van der Waals surface area contributed by atoms with E-state index in [1.165, 1.54) is 44.1 Å². The molecule has 1 aromatic carbocycles. The molecular formula is C14H22BIO2. The predicted molar refractivity (Wildman–Crippen MR) is 86.1 cm³/mol. The first-order valence-electron chi connectivity index (χ1n) is 6.79. The first-order valence-corrected chi connectivity index (χ1v) is 7.87. The van der Waals surface area contributed by atoms with Crippen LogP contribution in [0.25, 0.3) is 0 Å². The van der Waals surface area contributed by atoms with Crippen molar-refractivity contribution < 1.29 is 10.0 Å². The molecule has 0 aliphatic heterocycles. The maximum Gasteiger partial charge on any atom is 0.488 e. The highest BCUT2D eigenvalue weighted by Gasteiger charge is 2.12. The molecule has 0 atom stereocenters. The van der Waals surface area contributed by atoms with Gasteiger partial charge < -0.3 is 10.0 Å². The fourth-order valence-electron chi connectivity index (χ4n) is 2.02. The van der Waals surface area contributed by atoms with E-state index in [4.69, 9.17) is 10.0 Å². The molecule has 0 aliphatic carbocycles. The van der Waals surface area contributed by atoms with Crippen LogP contribution in [0, 0.1) is 3.57 Å². The van der Waals surface area contributed by atoms with Gasteiger partial charge in [-0.1, -0.05) is 51.2 Å². The zero-order valence-electron chi connectivity index (χ0n) is 11.0. The van der Waals surface area contributed by atoms with Crippen LogP contribution in [0.2, 0.25) is 0 Å². The fourth-order valence-corrected chi connectivity index (χ4v) is 2.83. The number of rotatable bonds is 8. The second kappa shape index (κ2) is 8.94. The molecule has 0 bridgehead atoms. The Morgan fingerprint density at radius 3 is 2.33 bits per heavy atom. The van der Waals surface area contributed by atoms with Crippen molar-refractivity contribution in [1.82, 2.24) is 0 Å². The summed E-state index contributed by atoms with van der Waals surface area (Å²) in [5.41, 5.74) is 1.89. The van der Waals surface area contributed by atoms with E-state index in [1.54, 1.807) is 6.07 Å². The highest BCUT2D eigenvalue weighted by Crippen LogP contribution is 2.15. The minimum atomic E-state index is -1.36. The third kappa shape index (κ3) is 5.72. The Bertz CT molecular complexity index is 356. The molecule has 0 heterocycles. The minimum absolute atomic E-state index is 0.575. The van der Waals surface area contributed by atoms with Crippen LogP contribution in [0.5, 0.6) is 0 Å². The average molecular weight is 360 g/mol. The lowest BCUT2D eigenvalue weighted by atomic mass is 9.80. The number of benzene rings is 1. The Kier molecular flexibility index (Phi) is 7.94. The van der Waals surface area contributed by atoms with Crippen molar-refractivity contribution in [3.05, 3.63) is 27.3 Å². The van der Waals surface area contributed by atoms with Gasteiger partial charge in [-0.05, 0) is 52.5 Å². The van der Waals surface area contributed by atoms with Crippen molar-refractivity contribution in [3.63, 3.8) is 0 Å². The molecule has 4 heteroatoms. The molecule has 0 fully saturated rings. The lowest BCUT2D eigenvalue weighted by Gasteiger charge is -2.07. The van der Waals surface area contributed by atoms with Gasteiger partial charge in [-0.3, -0.25) is 0 Å². The van der Waals surface area contributed by atoms with Crippen LogP contribution in [0.4, 0.5) is 0 Å². The van der Waals surface area contributed by atoms with Crippen molar-refractivity contribution in [3.8, 4) is 0 Å². The molecule has 0 spiro atoms. The molecule has 0 aliphatic rings. The molecule has 0 amide bonds. The first kappa shape index (κ1) is 16.0. The van der Waals surface area contributed by atoms with Gasteiger partial charge in [-0.2, -0.15) is 0 Å². The van der Waals surface area contributed by atoms with Gasteiger partial charge in [-0.15, -0.1) is 0 Å². The molecule has 1 aromatic rings. The standard InChI is InChI=1S/C14H22BIO2/c1-2-3-4-5-6-7-8-12-9-10-13(15(17)18)11-14(12)16/h9-11,17-18H,2-8H2,1H3. The number of unbranched alkanes of at least 4 members (excludes halogenated alkanes) is 5. The molecule has 2 N–H and O–H groups in total. The van der Waals surface area contributed by atoms with E-state index in [0.717, 1.165) is 9.99 Å². The van der Waals surface area contributed by atoms with Crippen LogP contribution < -0.4 is 5.46 Å². The lowest BCUT2D eigenvalue weighted by Crippen LogP contribution is -2.30. The van der Waals surface area contributed by atoms with Crippen molar-refractivity contribution >= 4 is 35.2 Å². The molecule has 0 unspecified atom stereocenters. The minimum Gasteiger partial charge on any atom is -0.423 e. The number of hydrogen-bond acceptors (Lipinski definition) is 2. The summed E-state index contributed by atoms with van der Waals surface area (Å²) in [5, 5.41) is 18.2. The van der Waals surface area contributed by atoms with Gasteiger partial charge in [0.15, 0.2) is 0 Å². The zero-order valence-corrected chi connectivity index (χ0v) is 13.2. The molecular weight excluding hydrogens is 338 g/mol. The predicted octanol–water partition coefficient (Wildman–Crippen LogP) is 2.87. The number of hydrogen-bond donors (Lipinski definition) is 2. The third-order valence-electron chi connectivity index (χ3n) is 3.17. The molecule has 0 aromatic heterocycles. The lowest BCUT2D eigenvalue weighted by molar-refractivity contribution is 0.425. The quantitative estimate of drug-likeness (QED) is 0.425. The van der Waals surface area contributed by atoms with Crippen LogP contribution >= 0.6 is 22.6 Å². The van der Waals surface area contributed by atoms with Gasteiger partial charge >= 0.3 is 7.12 Å². The van der Waals surface area contributed by atoms with Crippen molar-refractivity contribution in [2.24, 2.45) is 0 Å². The fraction of sp³-hybridized carbons (Fsp3) is 0.571. The van der Waals surface area contributed by atoms with Gasteiger partial charge in [0.25, 0.3) is 0 Å². The maximum absolute atomic E-state index is 9.09. The summed E-state index contributed by atoms with van der Waals surface area (Å²) in [6.45, 7) is 2.24. The summed E-state index contributed by atoms with van der Waals surface area (Å²) in [5.74, 6) is 0. The molecule has 0 saturated carbocycles. The van der Waals surface area contributed by atoms with Gasteiger partial charge in [0.1, 0.15) is 0 Å². The Labute approximate surface area is 124 Å². The summed E-state index contributed by atoms with van der Waals surface area (Å²) in [7, 11) is -1.36. The van der Waals surface area contributed by atoms with Gasteiger partial charge in [-0.25, -0.2) is 0 Å². The van der Waals surface area contributed by atoms with E-state index in [2.05, 4.69) is 29.5 Å². The summed E-state index contributed by atoms with van der Waals surface area (Å²) < 4.78 is 1.13. The van der Waals surface area contributed by atoms with Gasteiger partial charge in [0.05, 0.1) is 0 Å². The SMILES string of the molecule is CCCCCCCCc1ccc(B(O)O)cc1I. The maximum atomic E-state index is 9.09. The van der Waals surface area contributed by atoms with Gasteiger partial charge in [0, 0.05) is 3.57 Å². The average Bonchev–Trinajstić information content (AvgIpc) is 2.35. The largest absolute Gasteiger partial charge is 0.488 e. The van der Waals surface area contributed by atoms with Crippen molar-refractivity contribution in [1.29, 1.82) is 0 Å². The van der Waals surface area contributed by atoms with Gasteiger partial charge in [0.2, 0.25) is 0 Å². The van der Waals surface area contributed by atoms with Crippen LogP contribution in [-0.2, 0) is 6.42 Å². The summed E-state index contributed by atoms with van der Waals surface area (Å²) >= 11 is 2.27. The molecule has 100 valence electrons. The van der Waals surface area contributed by atoms with E-state index in [1.807, 2.05) is 12.1 Å². The topological polar surface area (TPSA) is 40.5 Å². The van der Waals surface area contributed by atoms with Crippen LogP contribution in [0.1, 0.15) is 51.0 Å². The summed E-state index contributed by atoms with van der Waals surface area (Å²) in [6.07, 6.45) is 8.93. The van der Waals surface area contributed by atoms with E-state index in [-0.39, 0.29) is 0 Å². The van der Waals surface area contributed by atoms with E-state index >= 15 is 0 Å². The summed E-state index contributed by atoms with van der Waals surface area (Å²) in [6, 6.07) is 5.68. The monoisotopic (exact) mass is 360 g/mol. The Morgan fingerprint density at radius 2 is 1.72 bits per heavy atom. The highest BCUT2D eigenvalue weighted by atomic mass is 127. The highest BCUT2D eigenvalue weighted by molar-refractivity contribution is 14.1. The first-order chi connectivity index (χ1) is 8.65. The van der Waals surface area contributed by atoms with E-state index in [9.17, 15) is 0 Å². The molecule has 0 saturated heterocycles. The molecule has 1 rings (SSSR count). The number of aryl methyl sites for hydroxylation is 1. The van der Waals surface area contributed by atoms with Crippen LogP contribution in [-0.4, -0.2) is 17.2 Å². The number of halogens is 1. The molecule has 0 radical (unpaired) electrons. The second-order valence-electron chi connectivity index (χ2n) is 4.74. The normalized spacial score (nSPS) is 10.7. The molecule has 18 heavy (non-hydrogen) atoms. The Hall–Kier alpha value is -0.0651. The smallest absolute Gasteiger partial charge is 0.423 e. The van der Waals surface area contributed by atoms with Crippen LogP contribution in [0.15, 0.2) is 18.2 Å². The Morgan fingerprint density at radius 1 is 1.06 bits per heavy atom. The summed E-state index contributed by atoms with van der Waals surface area (Å²) in [4.78, 5) is 0. The zero-order chi connectivity index (χ0) is 13.4. The second-order valence-corrected chi connectivity index (χ2v) is 5.90.